The van der Waals surface area contributed by atoms with Crippen molar-refractivity contribution in [2.24, 2.45) is 0 Å². The number of aryl methyl sites for hydroxylation is 1. The molecule has 5 nitrogen and oxygen atoms in total. The first kappa shape index (κ1) is 18.1. The lowest BCUT2D eigenvalue weighted by Crippen LogP contribution is -2.41. The number of halogens is 1. The van der Waals surface area contributed by atoms with Crippen LogP contribution in [0.4, 0.5) is 9.18 Å². The van der Waals surface area contributed by atoms with E-state index in [9.17, 15) is 14.0 Å². The average molecular weight is 355 g/mol. The van der Waals surface area contributed by atoms with Gasteiger partial charge in [0.05, 0.1) is 12.6 Å². The topological polar surface area (TPSA) is 61.4 Å². The Bertz CT molecular complexity index is 792. The number of rotatable bonds is 6. The van der Waals surface area contributed by atoms with Crippen LogP contribution in [0.15, 0.2) is 48.5 Å². The number of imide groups is 1. The lowest BCUT2D eigenvalue weighted by Gasteiger charge is -2.21. The lowest BCUT2D eigenvalue weighted by atomic mass is 9.97. The minimum atomic E-state index is -0.369. The highest BCUT2D eigenvalue weighted by Gasteiger charge is 2.26. The van der Waals surface area contributed by atoms with Gasteiger partial charge >= 0.3 is 6.03 Å². The highest BCUT2D eigenvalue weighted by Crippen LogP contribution is 2.23. The maximum Gasteiger partial charge on any atom is 0.324 e. The molecule has 1 fully saturated rings. The standard InChI is InChI=1S/C20H22FN3O2/c1-2-14-6-8-15(9-7-14)19(16-4-3-5-17(21)12-16)23-13-18(25)24-11-10-22-20(24)26/h3-9,12,19,23H,2,10-11,13H2,1H3,(H,22,26)/t19-/m1/s1. The monoisotopic (exact) mass is 355 g/mol. The summed E-state index contributed by atoms with van der Waals surface area (Å²) in [6.07, 6.45) is 0.931. The molecule has 1 heterocycles. The zero-order valence-electron chi connectivity index (χ0n) is 14.7. The van der Waals surface area contributed by atoms with Gasteiger partial charge in [-0.3, -0.25) is 15.0 Å². The normalized spacial score (nSPS) is 15.0. The van der Waals surface area contributed by atoms with E-state index in [4.69, 9.17) is 0 Å². The summed E-state index contributed by atoms with van der Waals surface area (Å²) in [5.74, 6) is -0.628. The van der Waals surface area contributed by atoms with Gasteiger partial charge in [-0.25, -0.2) is 9.18 Å². The Morgan fingerprint density at radius 2 is 2.00 bits per heavy atom. The third-order valence-corrected chi connectivity index (χ3v) is 4.52. The largest absolute Gasteiger partial charge is 0.336 e. The van der Waals surface area contributed by atoms with Crippen LogP contribution in [0.25, 0.3) is 0 Å². The van der Waals surface area contributed by atoms with Crippen molar-refractivity contribution in [2.75, 3.05) is 19.6 Å². The average Bonchev–Trinajstić information content (AvgIpc) is 3.08. The molecule has 2 N–H and O–H groups in total. The van der Waals surface area contributed by atoms with Crippen molar-refractivity contribution in [3.8, 4) is 0 Å². The number of urea groups is 1. The second kappa shape index (κ2) is 8.10. The van der Waals surface area contributed by atoms with Crippen LogP contribution in [0, 0.1) is 5.82 Å². The molecule has 3 rings (SSSR count). The van der Waals surface area contributed by atoms with Crippen molar-refractivity contribution < 1.29 is 14.0 Å². The first-order valence-corrected chi connectivity index (χ1v) is 8.74. The maximum atomic E-state index is 13.7. The third kappa shape index (κ3) is 4.08. The van der Waals surface area contributed by atoms with Gasteiger partial charge < -0.3 is 5.32 Å². The molecule has 1 atom stereocenters. The number of hydrogen-bond donors (Lipinski definition) is 2. The zero-order chi connectivity index (χ0) is 18.5. The van der Waals surface area contributed by atoms with Gasteiger partial charge in [0.15, 0.2) is 0 Å². The molecule has 0 unspecified atom stereocenters. The molecule has 0 radical (unpaired) electrons. The summed E-state index contributed by atoms with van der Waals surface area (Å²) in [5, 5.41) is 5.79. The summed E-state index contributed by atoms with van der Waals surface area (Å²) in [7, 11) is 0. The van der Waals surface area contributed by atoms with E-state index in [2.05, 4.69) is 17.6 Å². The van der Waals surface area contributed by atoms with Crippen LogP contribution in [0.2, 0.25) is 0 Å². The predicted octanol–water partition coefficient (Wildman–Crippen LogP) is 2.62. The molecule has 2 aromatic carbocycles. The van der Waals surface area contributed by atoms with Gasteiger partial charge in [-0.05, 0) is 35.2 Å². The summed E-state index contributed by atoms with van der Waals surface area (Å²) >= 11 is 0. The maximum absolute atomic E-state index is 13.7. The number of benzene rings is 2. The fourth-order valence-corrected chi connectivity index (χ4v) is 3.05. The smallest absolute Gasteiger partial charge is 0.324 e. The Labute approximate surface area is 152 Å². The molecule has 0 aliphatic carbocycles. The number of carbonyl (C=O) groups excluding carboxylic acids is 2. The van der Waals surface area contributed by atoms with E-state index in [0.717, 1.165) is 17.5 Å². The summed E-state index contributed by atoms with van der Waals surface area (Å²) in [5.41, 5.74) is 2.87. The Balaban J connectivity index is 1.80. The molecular formula is C20H22FN3O2. The summed E-state index contributed by atoms with van der Waals surface area (Å²) < 4.78 is 13.7. The van der Waals surface area contributed by atoms with Crippen molar-refractivity contribution in [1.82, 2.24) is 15.5 Å². The molecule has 0 aromatic heterocycles. The van der Waals surface area contributed by atoms with Gasteiger partial charge in [-0.2, -0.15) is 0 Å². The predicted molar refractivity (Wildman–Crippen MR) is 97.2 cm³/mol. The van der Waals surface area contributed by atoms with E-state index >= 15 is 0 Å². The van der Waals surface area contributed by atoms with Crippen molar-refractivity contribution in [3.05, 3.63) is 71.0 Å². The van der Waals surface area contributed by atoms with Crippen LogP contribution in [0.3, 0.4) is 0 Å². The minimum absolute atomic E-state index is 0.00979. The number of amides is 3. The van der Waals surface area contributed by atoms with E-state index in [1.165, 1.54) is 22.6 Å². The van der Waals surface area contributed by atoms with Crippen LogP contribution in [-0.2, 0) is 11.2 Å². The molecule has 0 bridgehead atoms. The molecule has 0 saturated carbocycles. The third-order valence-electron chi connectivity index (χ3n) is 4.52. The van der Waals surface area contributed by atoms with Crippen molar-refractivity contribution >= 4 is 11.9 Å². The molecule has 1 aliphatic rings. The van der Waals surface area contributed by atoms with Gasteiger partial charge in [-0.15, -0.1) is 0 Å². The molecule has 1 saturated heterocycles. The second-order valence-corrected chi connectivity index (χ2v) is 6.24. The van der Waals surface area contributed by atoms with Gasteiger partial charge in [0.1, 0.15) is 5.82 Å². The van der Waals surface area contributed by atoms with Crippen molar-refractivity contribution in [1.29, 1.82) is 0 Å². The van der Waals surface area contributed by atoms with E-state index in [1.54, 1.807) is 6.07 Å². The molecule has 26 heavy (non-hydrogen) atoms. The molecule has 2 aromatic rings. The quantitative estimate of drug-likeness (QED) is 0.837. The van der Waals surface area contributed by atoms with Gasteiger partial charge in [-0.1, -0.05) is 43.3 Å². The van der Waals surface area contributed by atoms with Crippen LogP contribution >= 0.6 is 0 Å². The highest BCUT2D eigenvalue weighted by molar-refractivity contribution is 5.96. The van der Waals surface area contributed by atoms with Crippen LogP contribution < -0.4 is 10.6 Å². The summed E-state index contributed by atoms with van der Waals surface area (Å²) in [6, 6.07) is 13.6. The van der Waals surface area contributed by atoms with Gasteiger partial charge in [0.25, 0.3) is 0 Å². The van der Waals surface area contributed by atoms with Crippen LogP contribution in [0.5, 0.6) is 0 Å². The molecule has 1 aliphatic heterocycles. The van der Waals surface area contributed by atoms with Gasteiger partial charge in [0, 0.05) is 13.1 Å². The summed E-state index contributed by atoms with van der Waals surface area (Å²) in [4.78, 5) is 25.1. The molecule has 3 amide bonds. The van der Waals surface area contributed by atoms with E-state index in [0.29, 0.717) is 13.1 Å². The Morgan fingerprint density at radius 3 is 2.62 bits per heavy atom. The molecule has 136 valence electrons. The number of nitrogens with zero attached hydrogens (tertiary/aromatic N) is 1. The molecular weight excluding hydrogens is 333 g/mol. The van der Waals surface area contributed by atoms with E-state index in [-0.39, 0.29) is 30.3 Å². The summed E-state index contributed by atoms with van der Waals surface area (Å²) in [6.45, 7) is 2.91. The first-order valence-electron chi connectivity index (χ1n) is 8.74. The number of carbonyl (C=O) groups is 2. The molecule has 0 spiro atoms. The Morgan fingerprint density at radius 1 is 1.23 bits per heavy atom. The highest BCUT2D eigenvalue weighted by atomic mass is 19.1. The van der Waals surface area contributed by atoms with Gasteiger partial charge in [0.2, 0.25) is 5.91 Å². The van der Waals surface area contributed by atoms with Crippen LogP contribution in [-0.4, -0.2) is 36.5 Å². The fourth-order valence-electron chi connectivity index (χ4n) is 3.05. The van der Waals surface area contributed by atoms with Crippen molar-refractivity contribution in [3.63, 3.8) is 0 Å². The zero-order valence-corrected chi connectivity index (χ0v) is 14.7. The molecule has 6 heteroatoms. The SMILES string of the molecule is CCc1ccc([C@@H](NCC(=O)N2CCNC2=O)c2cccc(F)c2)cc1. The Hall–Kier alpha value is -2.73. The minimum Gasteiger partial charge on any atom is -0.336 e. The van der Waals surface area contributed by atoms with Crippen molar-refractivity contribution in [2.45, 2.75) is 19.4 Å². The van der Waals surface area contributed by atoms with Crippen LogP contribution in [0.1, 0.15) is 29.7 Å². The second-order valence-electron chi connectivity index (χ2n) is 6.24. The number of hydrogen-bond acceptors (Lipinski definition) is 3. The van der Waals surface area contributed by atoms with E-state index < -0.39 is 0 Å². The van der Waals surface area contributed by atoms with E-state index in [1.807, 2.05) is 30.3 Å². The lowest BCUT2D eigenvalue weighted by molar-refractivity contribution is -0.126. The fraction of sp³-hybridized carbons (Fsp3) is 0.300. The first-order chi connectivity index (χ1) is 12.6. The number of nitrogens with one attached hydrogen (secondary N) is 2. The Kier molecular flexibility index (Phi) is 5.63.